The third-order valence-electron chi connectivity index (χ3n) is 7.33. The topological polar surface area (TPSA) is 9.23 Å². The number of allylic oxidation sites excluding steroid dienone is 1. The van der Waals surface area contributed by atoms with Gasteiger partial charge in [0, 0.05) is 0 Å². The van der Waals surface area contributed by atoms with E-state index in [1.807, 2.05) is 0 Å². The van der Waals surface area contributed by atoms with Gasteiger partial charge in [0.2, 0.25) is 0 Å². The van der Waals surface area contributed by atoms with Gasteiger partial charge in [-0.05, 0) is 0 Å². The van der Waals surface area contributed by atoms with Crippen molar-refractivity contribution in [1.82, 2.24) is 0 Å². The predicted molar refractivity (Wildman–Crippen MR) is 145 cm³/mol. The molecule has 0 radical (unpaired) electrons. The number of rotatable bonds is 4. The minimum atomic E-state index is -4.81. The Morgan fingerprint density at radius 1 is 0.735 bits per heavy atom. The summed E-state index contributed by atoms with van der Waals surface area (Å²) in [6, 6.07) is 32.0. The van der Waals surface area contributed by atoms with Gasteiger partial charge in [0.1, 0.15) is 0 Å². The Hall–Kier alpha value is -1.87. The molecule has 0 bridgehead atoms. The summed E-state index contributed by atoms with van der Waals surface area (Å²) in [5.41, 5.74) is 6.09. The molecule has 1 aliphatic rings. The van der Waals surface area contributed by atoms with Gasteiger partial charge in [0.05, 0.1) is 0 Å². The van der Waals surface area contributed by atoms with Gasteiger partial charge in [-0.25, -0.2) is 0 Å². The first kappa shape index (κ1) is 23.9. The van der Waals surface area contributed by atoms with E-state index in [4.69, 9.17) is 21.9 Å². The summed E-state index contributed by atoms with van der Waals surface area (Å²) in [5.74, 6) is 0.0104. The molecule has 0 heterocycles. The summed E-state index contributed by atoms with van der Waals surface area (Å²) < 4.78 is 6.87. The van der Waals surface area contributed by atoms with E-state index >= 15 is 0 Å². The summed E-state index contributed by atoms with van der Waals surface area (Å²) in [7, 11) is 17.0. The van der Waals surface area contributed by atoms with Crippen molar-refractivity contribution in [3.63, 3.8) is 0 Å². The zero-order valence-corrected chi connectivity index (χ0v) is 23.1. The Balaban J connectivity index is 1.90. The molecular formula is C30H29Cl2OTi. The quantitative estimate of drug-likeness (QED) is 0.242. The zero-order chi connectivity index (χ0) is 24.2. The van der Waals surface area contributed by atoms with E-state index in [-0.39, 0.29) is 5.92 Å². The summed E-state index contributed by atoms with van der Waals surface area (Å²) in [5, 5.41) is 2.20. The van der Waals surface area contributed by atoms with Crippen molar-refractivity contribution in [2.24, 2.45) is 0 Å². The summed E-state index contributed by atoms with van der Waals surface area (Å²) in [4.78, 5) is 0. The minimum absolute atomic E-state index is 0.0104. The Kier molecular flexibility index (Phi) is 5.87. The molecule has 4 aromatic carbocycles. The average molecular weight is 524 g/mol. The molecule has 1 unspecified atom stereocenters. The predicted octanol–water partition coefficient (Wildman–Crippen LogP) is 8.93. The normalized spacial score (nSPS) is 17.2. The molecule has 0 aromatic heterocycles. The fourth-order valence-corrected chi connectivity index (χ4v) is 11.7. The molecule has 0 N–H and O–H groups in total. The van der Waals surface area contributed by atoms with E-state index in [0.29, 0.717) is 0 Å². The van der Waals surface area contributed by atoms with E-state index in [2.05, 4.69) is 118 Å². The van der Waals surface area contributed by atoms with Crippen LogP contribution >= 0.6 is 18.6 Å². The molecule has 1 aliphatic carbocycles. The van der Waals surface area contributed by atoms with Crippen LogP contribution in [-0.2, 0) is 16.9 Å². The monoisotopic (exact) mass is 523 g/mol. The fraction of sp³-hybridized carbons (Fsp3) is 0.200. The molecule has 0 amide bonds. The summed E-state index contributed by atoms with van der Waals surface area (Å²) in [6.07, 6.45) is 2.31. The molecule has 1 atom stereocenters. The maximum absolute atomic E-state index is 7.68. The van der Waals surface area contributed by atoms with E-state index < -0.39 is 17.3 Å². The maximum atomic E-state index is 7.68. The molecule has 4 aromatic rings. The van der Waals surface area contributed by atoms with Crippen molar-refractivity contribution < 1.29 is 16.9 Å². The Morgan fingerprint density at radius 3 is 2.09 bits per heavy atom. The van der Waals surface area contributed by atoms with Crippen molar-refractivity contribution >= 4 is 44.9 Å². The van der Waals surface area contributed by atoms with Crippen LogP contribution in [0.3, 0.4) is 0 Å². The van der Waals surface area contributed by atoms with E-state index in [1.54, 1.807) is 7.11 Å². The van der Waals surface area contributed by atoms with Crippen molar-refractivity contribution in [3.8, 4) is 0 Å². The van der Waals surface area contributed by atoms with Gasteiger partial charge < -0.3 is 0 Å². The van der Waals surface area contributed by atoms with E-state index in [9.17, 15) is 0 Å². The Morgan fingerprint density at radius 2 is 1.38 bits per heavy atom. The summed E-state index contributed by atoms with van der Waals surface area (Å²) >= 11 is -4.81. The number of fused-ring (bicyclic) bond motifs is 2. The van der Waals surface area contributed by atoms with Gasteiger partial charge in [-0.2, -0.15) is 0 Å². The van der Waals surface area contributed by atoms with Crippen LogP contribution in [0.1, 0.15) is 48.9 Å². The molecule has 34 heavy (non-hydrogen) atoms. The van der Waals surface area contributed by atoms with E-state index in [1.165, 1.54) is 22.3 Å². The van der Waals surface area contributed by atoms with Gasteiger partial charge in [-0.15, -0.1) is 0 Å². The third-order valence-corrected chi connectivity index (χ3v) is 22.0. The number of hydrogen-bond acceptors (Lipinski definition) is 1. The first-order valence-electron chi connectivity index (χ1n) is 11.7. The van der Waals surface area contributed by atoms with Crippen LogP contribution in [0.4, 0.5) is 0 Å². The van der Waals surface area contributed by atoms with Gasteiger partial charge >= 0.3 is 213 Å². The van der Waals surface area contributed by atoms with Gasteiger partial charge in [0.15, 0.2) is 0 Å². The number of hydrogen-bond donors (Lipinski definition) is 0. The van der Waals surface area contributed by atoms with E-state index in [0.717, 1.165) is 20.2 Å². The molecule has 0 spiro atoms. The molecule has 5 rings (SSSR count). The molecule has 0 saturated heterocycles. The van der Waals surface area contributed by atoms with Crippen LogP contribution in [0.2, 0.25) is 3.72 Å². The molecule has 1 nitrogen and oxygen atoms in total. The van der Waals surface area contributed by atoms with Crippen LogP contribution in [0.5, 0.6) is 0 Å². The average Bonchev–Trinajstić information content (AvgIpc) is 3.23. The first-order valence-corrected chi connectivity index (χ1v) is 18.2. The van der Waals surface area contributed by atoms with Crippen molar-refractivity contribution in [3.05, 3.63) is 113 Å². The van der Waals surface area contributed by atoms with Crippen molar-refractivity contribution in [1.29, 1.82) is 0 Å². The molecule has 0 fully saturated rings. The molecule has 4 heteroatoms. The zero-order valence-electron chi connectivity index (χ0n) is 20.0. The Labute approximate surface area is 211 Å². The van der Waals surface area contributed by atoms with Crippen LogP contribution < -0.4 is 3.87 Å². The fourth-order valence-electron chi connectivity index (χ4n) is 5.32. The van der Waals surface area contributed by atoms with Crippen LogP contribution in [0, 0.1) is 0 Å². The van der Waals surface area contributed by atoms with Crippen molar-refractivity contribution in [2.45, 2.75) is 30.4 Å². The third kappa shape index (κ3) is 3.53. The SMILES string of the molecule is C[O][Ti]([Cl])([Cl])([c]1c(C2C(c3ccccc3)=Cc3ccccc32)ccc2ccccc12)[C](C)(C)C. The van der Waals surface area contributed by atoms with Crippen molar-refractivity contribution in [2.75, 3.05) is 7.11 Å². The number of halogens is 2. The number of benzene rings is 4. The van der Waals surface area contributed by atoms with Crippen LogP contribution in [-0.4, -0.2) is 7.11 Å². The van der Waals surface area contributed by atoms with Gasteiger partial charge in [-0.1, -0.05) is 0 Å². The Bertz CT molecular complexity index is 1420. The summed E-state index contributed by atoms with van der Waals surface area (Å²) in [6.45, 7) is 6.32. The molecular weight excluding hydrogens is 495 g/mol. The molecule has 0 aliphatic heterocycles. The van der Waals surface area contributed by atoms with Crippen LogP contribution in [0.25, 0.3) is 22.4 Å². The molecule has 173 valence electrons. The van der Waals surface area contributed by atoms with Gasteiger partial charge in [0.25, 0.3) is 0 Å². The van der Waals surface area contributed by atoms with Crippen LogP contribution in [0.15, 0.2) is 91.0 Å². The second-order valence-electron chi connectivity index (χ2n) is 10.2. The van der Waals surface area contributed by atoms with Gasteiger partial charge in [-0.3, -0.25) is 0 Å². The second kappa shape index (κ2) is 8.37. The first-order chi connectivity index (χ1) is 16.1. The standard InChI is InChI=1S/C25H17.C4H9.CH3O.2ClH.Ti/c1-2-9-19(10-3-1)24-17-21-12-6-7-13-23(21)25(24)22-15-14-18-8-4-5-11-20(18)16-22;1-4(2)3;1-2;;;/h1-15,17,25H;1-3H3;1H3;2*1H;/q;;-1;;;+3/p-2. The molecule has 0 saturated carbocycles. The second-order valence-corrected chi connectivity index (χ2v) is 23.6.